The highest BCUT2D eigenvalue weighted by Gasteiger charge is 2.03. The van der Waals surface area contributed by atoms with Crippen molar-refractivity contribution in [2.75, 3.05) is 19.0 Å². The van der Waals surface area contributed by atoms with E-state index in [0.717, 1.165) is 32.5 Å². The highest BCUT2D eigenvalue weighted by Crippen LogP contribution is 2.17. The molecule has 0 aliphatic heterocycles. The molecule has 3 heteroatoms. The lowest BCUT2D eigenvalue weighted by Gasteiger charge is -2.13. The number of methoxy groups -OCH3 is 1. The smallest absolute Gasteiger partial charge is 0.0553 e. The van der Waals surface area contributed by atoms with E-state index < -0.39 is 0 Å². The minimum absolute atomic E-state index is 0.755. The lowest BCUT2D eigenvalue weighted by molar-refractivity contribution is 0.202. The van der Waals surface area contributed by atoms with E-state index in [4.69, 9.17) is 4.74 Å². The van der Waals surface area contributed by atoms with Crippen LogP contribution in [0.3, 0.4) is 0 Å². The molecule has 0 bridgehead atoms. The van der Waals surface area contributed by atoms with Crippen LogP contribution in [0.5, 0.6) is 0 Å². The maximum atomic E-state index is 5.17. The van der Waals surface area contributed by atoms with E-state index in [-0.39, 0.29) is 0 Å². The monoisotopic (exact) mass is 272 g/mol. The third-order valence-electron chi connectivity index (χ3n) is 3.44. The predicted molar refractivity (Wildman–Crippen MR) is 84.1 cm³/mol. The average molecular weight is 272 g/mol. The van der Waals surface area contributed by atoms with E-state index in [1.54, 1.807) is 7.11 Å². The summed E-state index contributed by atoms with van der Waals surface area (Å²) in [6.07, 6.45) is 4.25. The first-order chi connectivity index (χ1) is 9.85. The third-order valence-corrected chi connectivity index (χ3v) is 3.44. The average Bonchev–Trinajstić information content (AvgIpc) is 2.91. The predicted octanol–water partition coefficient (Wildman–Crippen LogP) is 3.70. The highest BCUT2D eigenvalue weighted by molar-refractivity contribution is 5.51. The van der Waals surface area contributed by atoms with Gasteiger partial charge >= 0.3 is 0 Å². The Bertz CT molecular complexity index is 519. The second kappa shape index (κ2) is 7.75. The van der Waals surface area contributed by atoms with E-state index >= 15 is 0 Å². The molecule has 20 heavy (non-hydrogen) atoms. The Morgan fingerprint density at radius 2 is 2.00 bits per heavy atom. The van der Waals surface area contributed by atoms with Crippen LogP contribution in [0.4, 0.5) is 5.69 Å². The van der Waals surface area contributed by atoms with Gasteiger partial charge in [0.2, 0.25) is 0 Å². The molecule has 1 heterocycles. The molecule has 0 atom stereocenters. The minimum atomic E-state index is 0.755. The summed E-state index contributed by atoms with van der Waals surface area (Å²) in [6, 6.07) is 12.7. The van der Waals surface area contributed by atoms with Crippen molar-refractivity contribution in [1.82, 2.24) is 4.57 Å². The zero-order valence-corrected chi connectivity index (χ0v) is 12.4. The fraction of sp³-hybridized carbons (Fsp3) is 0.412. The molecule has 2 aromatic rings. The molecule has 0 saturated carbocycles. The lowest BCUT2D eigenvalue weighted by Crippen LogP contribution is -2.08. The lowest BCUT2D eigenvalue weighted by atomic mass is 10.1. The van der Waals surface area contributed by atoms with Gasteiger partial charge in [-0.3, -0.25) is 0 Å². The summed E-state index contributed by atoms with van der Waals surface area (Å²) >= 11 is 0. The summed E-state index contributed by atoms with van der Waals surface area (Å²) in [5.41, 5.74) is 3.84. The minimum Gasteiger partial charge on any atom is -0.384 e. The molecule has 0 fully saturated rings. The van der Waals surface area contributed by atoms with Gasteiger partial charge in [-0.05, 0) is 36.6 Å². The Balaban J connectivity index is 2.01. The van der Waals surface area contributed by atoms with Crippen molar-refractivity contribution in [3.8, 4) is 0 Å². The molecule has 3 nitrogen and oxygen atoms in total. The van der Waals surface area contributed by atoms with Gasteiger partial charge in [0.1, 0.15) is 0 Å². The number of nitrogens with one attached hydrogen (secondary N) is 1. The molecule has 0 radical (unpaired) electrons. The number of ether oxygens (including phenoxy) is 1. The summed E-state index contributed by atoms with van der Waals surface area (Å²) in [4.78, 5) is 0. The normalized spacial score (nSPS) is 10.7. The van der Waals surface area contributed by atoms with Crippen LogP contribution in [0.25, 0.3) is 0 Å². The van der Waals surface area contributed by atoms with Crippen LogP contribution in [0, 0.1) is 0 Å². The number of nitrogens with zero attached hydrogens (tertiary/aromatic N) is 1. The van der Waals surface area contributed by atoms with Gasteiger partial charge in [0.05, 0.1) is 13.2 Å². The summed E-state index contributed by atoms with van der Waals surface area (Å²) in [6.45, 7) is 4.90. The first-order valence-corrected chi connectivity index (χ1v) is 7.30. The summed E-state index contributed by atoms with van der Waals surface area (Å²) in [7, 11) is 1.74. The topological polar surface area (TPSA) is 26.2 Å². The van der Waals surface area contributed by atoms with Crippen molar-refractivity contribution in [1.29, 1.82) is 0 Å². The molecule has 0 amide bonds. The first-order valence-electron chi connectivity index (χ1n) is 7.30. The van der Waals surface area contributed by atoms with Gasteiger partial charge in [-0.15, -0.1) is 0 Å². The number of para-hydroxylation sites is 1. The zero-order chi connectivity index (χ0) is 14.2. The van der Waals surface area contributed by atoms with E-state index in [0.29, 0.717) is 0 Å². The molecule has 0 unspecified atom stereocenters. The molecule has 0 aliphatic rings. The number of hydrogen-bond acceptors (Lipinski definition) is 2. The highest BCUT2D eigenvalue weighted by atomic mass is 16.5. The molecule has 1 N–H and O–H groups in total. The maximum Gasteiger partial charge on any atom is 0.0553 e. The number of aryl methyl sites for hydroxylation is 1. The molecule has 0 saturated heterocycles. The van der Waals surface area contributed by atoms with E-state index in [9.17, 15) is 0 Å². The summed E-state index contributed by atoms with van der Waals surface area (Å²) in [5, 5.41) is 3.55. The number of aromatic nitrogens is 1. The zero-order valence-electron chi connectivity index (χ0n) is 12.4. The molecular formula is C17H24N2O. The quantitative estimate of drug-likeness (QED) is 0.793. The van der Waals surface area contributed by atoms with Crippen LogP contribution in [0.2, 0.25) is 0 Å². The SMILES string of the molecule is CCCn1cccc1CNc1ccccc1CCOC. The number of hydrogen-bond donors (Lipinski definition) is 1. The van der Waals surface area contributed by atoms with Gasteiger partial charge in [0, 0.05) is 31.2 Å². The van der Waals surface area contributed by atoms with E-state index in [1.807, 2.05) is 0 Å². The van der Waals surface area contributed by atoms with Gasteiger partial charge in [-0.1, -0.05) is 25.1 Å². The largest absolute Gasteiger partial charge is 0.384 e. The maximum absolute atomic E-state index is 5.17. The van der Waals surface area contributed by atoms with Gasteiger partial charge < -0.3 is 14.6 Å². The molecule has 0 aliphatic carbocycles. The van der Waals surface area contributed by atoms with Gasteiger partial charge in [-0.2, -0.15) is 0 Å². The fourth-order valence-corrected chi connectivity index (χ4v) is 2.38. The van der Waals surface area contributed by atoms with Crippen molar-refractivity contribution < 1.29 is 4.74 Å². The van der Waals surface area contributed by atoms with Crippen molar-refractivity contribution in [3.63, 3.8) is 0 Å². The van der Waals surface area contributed by atoms with Crippen LogP contribution in [-0.2, 0) is 24.2 Å². The Kier molecular flexibility index (Phi) is 5.69. The van der Waals surface area contributed by atoms with Crippen molar-refractivity contribution in [2.24, 2.45) is 0 Å². The Hall–Kier alpha value is -1.74. The second-order valence-electron chi connectivity index (χ2n) is 4.95. The van der Waals surface area contributed by atoms with Crippen molar-refractivity contribution in [3.05, 3.63) is 53.9 Å². The number of anilines is 1. The van der Waals surface area contributed by atoms with Crippen LogP contribution in [-0.4, -0.2) is 18.3 Å². The van der Waals surface area contributed by atoms with E-state index in [1.165, 1.54) is 16.9 Å². The molecular weight excluding hydrogens is 248 g/mol. The fourth-order valence-electron chi connectivity index (χ4n) is 2.38. The van der Waals surface area contributed by atoms with Crippen molar-refractivity contribution >= 4 is 5.69 Å². The Morgan fingerprint density at radius 1 is 1.15 bits per heavy atom. The first kappa shape index (κ1) is 14.7. The molecule has 1 aromatic heterocycles. The van der Waals surface area contributed by atoms with Crippen LogP contribution in [0.1, 0.15) is 24.6 Å². The Morgan fingerprint density at radius 3 is 2.80 bits per heavy atom. The standard InChI is InChI=1S/C17H24N2O/c1-3-11-19-12-6-8-16(19)14-18-17-9-5-4-7-15(17)10-13-20-2/h4-9,12,18H,3,10-11,13-14H2,1-2H3. The number of rotatable bonds is 8. The van der Waals surface area contributed by atoms with Crippen LogP contribution in [0.15, 0.2) is 42.6 Å². The van der Waals surface area contributed by atoms with Crippen LogP contribution < -0.4 is 5.32 Å². The molecule has 2 rings (SSSR count). The van der Waals surface area contributed by atoms with Gasteiger partial charge in [0.25, 0.3) is 0 Å². The molecule has 0 spiro atoms. The molecule has 1 aromatic carbocycles. The summed E-state index contributed by atoms with van der Waals surface area (Å²) < 4.78 is 7.48. The molecule has 108 valence electrons. The van der Waals surface area contributed by atoms with Crippen LogP contribution >= 0.6 is 0 Å². The van der Waals surface area contributed by atoms with Crippen molar-refractivity contribution in [2.45, 2.75) is 32.9 Å². The Labute approximate surface area is 121 Å². The van der Waals surface area contributed by atoms with E-state index in [2.05, 4.69) is 59.4 Å². The van der Waals surface area contributed by atoms with Gasteiger partial charge in [0.15, 0.2) is 0 Å². The summed E-state index contributed by atoms with van der Waals surface area (Å²) in [5.74, 6) is 0. The number of benzene rings is 1. The second-order valence-corrected chi connectivity index (χ2v) is 4.95. The third kappa shape index (κ3) is 3.87. The van der Waals surface area contributed by atoms with Gasteiger partial charge in [-0.25, -0.2) is 0 Å².